The molecule has 0 unspecified atom stereocenters. The second-order valence-electron chi connectivity index (χ2n) is 5.73. The highest BCUT2D eigenvalue weighted by atomic mass is 35.5. The predicted molar refractivity (Wildman–Crippen MR) is 107 cm³/mol. The molecule has 0 bridgehead atoms. The van der Waals surface area contributed by atoms with Gasteiger partial charge in [-0.1, -0.05) is 35.3 Å². The fourth-order valence-electron chi connectivity index (χ4n) is 2.28. The summed E-state index contributed by atoms with van der Waals surface area (Å²) in [6, 6.07) is 16.2. The average Bonchev–Trinajstić information content (AvgIpc) is 3.11. The zero-order valence-corrected chi connectivity index (χ0v) is 15.9. The van der Waals surface area contributed by atoms with Gasteiger partial charge in [0.1, 0.15) is 17.3 Å². The Balaban J connectivity index is 1.53. The summed E-state index contributed by atoms with van der Waals surface area (Å²) in [6.45, 7) is 1.82. The zero-order chi connectivity index (χ0) is 19.2. The Labute approximate surface area is 166 Å². The lowest BCUT2D eigenvalue weighted by Crippen LogP contribution is -2.24. The molecule has 0 aliphatic carbocycles. The molecule has 0 radical (unpaired) electrons. The van der Waals surface area contributed by atoms with E-state index in [0.717, 1.165) is 11.1 Å². The molecule has 2 aromatic carbocycles. The molecule has 1 N–H and O–H groups in total. The number of hydrogen-bond donors (Lipinski definition) is 1. The van der Waals surface area contributed by atoms with Crippen molar-refractivity contribution in [2.45, 2.75) is 6.92 Å². The van der Waals surface area contributed by atoms with Crippen LogP contribution in [0, 0.1) is 6.92 Å². The Kier molecular flexibility index (Phi) is 6.16. The van der Waals surface area contributed by atoms with Crippen LogP contribution >= 0.6 is 23.2 Å². The summed E-state index contributed by atoms with van der Waals surface area (Å²) in [5, 5.41) is 4.79. The molecular weight excluding hydrogens is 387 g/mol. The Morgan fingerprint density at radius 2 is 2.00 bits per heavy atom. The normalized spacial score (nSPS) is 10.9. The molecule has 0 saturated carbocycles. The number of hydrogen-bond acceptors (Lipinski definition) is 4. The summed E-state index contributed by atoms with van der Waals surface area (Å²) in [6.07, 6.45) is 1.41. The lowest BCUT2D eigenvalue weighted by molar-refractivity contribution is -0.123. The maximum Gasteiger partial charge on any atom is 0.277 e. The summed E-state index contributed by atoms with van der Waals surface area (Å²) < 4.78 is 11.1. The highest BCUT2D eigenvalue weighted by Gasteiger charge is 2.07. The van der Waals surface area contributed by atoms with Gasteiger partial charge >= 0.3 is 0 Å². The van der Waals surface area contributed by atoms with Gasteiger partial charge in [0.2, 0.25) is 0 Å². The molecule has 0 spiro atoms. The first-order chi connectivity index (χ1) is 13.0. The van der Waals surface area contributed by atoms with Gasteiger partial charge in [-0.15, -0.1) is 0 Å². The Bertz CT molecular complexity index is 983. The van der Waals surface area contributed by atoms with Crippen LogP contribution in [0.4, 0.5) is 0 Å². The van der Waals surface area contributed by atoms with E-state index in [-0.39, 0.29) is 12.5 Å². The number of furan rings is 1. The molecule has 7 heteroatoms. The second-order valence-corrected chi connectivity index (χ2v) is 6.54. The number of ether oxygens (including phenoxy) is 1. The number of carbonyl (C=O) groups excluding carboxylic acids is 1. The van der Waals surface area contributed by atoms with Crippen molar-refractivity contribution in [3.8, 4) is 17.1 Å². The van der Waals surface area contributed by atoms with Crippen LogP contribution in [0.5, 0.6) is 5.75 Å². The van der Waals surface area contributed by atoms with Crippen LogP contribution in [0.2, 0.25) is 10.0 Å². The Morgan fingerprint density at radius 1 is 1.15 bits per heavy atom. The first kappa shape index (κ1) is 19.0. The smallest absolute Gasteiger partial charge is 0.277 e. The highest BCUT2D eigenvalue weighted by molar-refractivity contribution is 6.42. The van der Waals surface area contributed by atoms with Gasteiger partial charge in [0.25, 0.3) is 5.91 Å². The molecule has 138 valence electrons. The van der Waals surface area contributed by atoms with E-state index in [1.54, 1.807) is 36.4 Å². The number of aryl methyl sites for hydroxylation is 1. The van der Waals surface area contributed by atoms with E-state index in [2.05, 4.69) is 10.5 Å². The van der Waals surface area contributed by atoms with Gasteiger partial charge in [-0.05, 0) is 55.0 Å². The molecule has 0 saturated heterocycles. The lowest BCUT2D eigenvalue weighted by Gasteiger charge is -2.05. The van der Waals surface area contributed by atoms with Crippen molar-refractivity contribution in [3.05, 3.63) is 76.0 Å². The summed E-state index contributed by atoms with van der Waals surface area (Å²) >= 11 is 11.9. The van der Waals surface area contributed by atoms with E-state index in [0.29, 0.717) is 27.3 Å². The number of rotatable bonds is 6. The maximum absolute atomic E-state index is 11.8. The number of benzene rings is 2. The molecule has 0 atom stereocenters. The van der Waals surface area contributed by atoms with Gasteiger partial charge in [0, 0.05) is 5.56 Å². The van der Waals surface area contributed by atoms with Gasteiger partial charge in [-0.25, -0.2) is 5.43 Å². The SMILES string of the molecule is Cc1cccc(OCC(=O)N/N=C\c2ccc(-c3ccc(Cl)c(Cl)c3)o2)c1. The Hall–Kier alpha value is -2.76. The molecule has 3 rings (SSSR count). The third-order valence-electron chi connectivity index (χ3n) is 3.57. The van der Waals surface area contributed by atoms with Crippen LogP contribution in [-0.2, 0) is 4.79 Å². The van der Waals surface area contributed by atoms with Gasteiger partial charge in [-0.3, -0.25) is 4.79 Å². The number of nitrogens with one attached hydrogen (secondary N) is 1. The molecule has 1 heterocycles. The maximum atomic E-state index is 11.8. The third-order valence-corrected chi connectivity index (χ3v) is 4.31. The Morgan fingerprint density at radius 3 is 2.78 bits per heavy atom. The minimum atomic E-state index is -0.371. The fraction of sp³-hybridized carbons (Fsp3) is 0.100. The van der Waals surface area contributed by atoms with Crippen LogP contribution < -0.4 is 10.2 Å². The fourth-order valence-corrected chi connectivity index (χ4v) is 2.58. The molecule has 27 heavy (non-hydrogen) atoms. The third kappa shape index (κ3) is 5.36. The number of hydrazone groups is 1. The van der Waals surface area contributed by atoms with E-state index in [1.807, 2.05) is 25.1 Å². The largest absolute Gasteiger partial charge is 0.484 e. The number of halogens is 2. The van der Waals surface area contributed by atoms with Crippen molar-refractivity contribution in [1.82, 2.24) is 5.43 Å². The van der Waals surface area contributed by atoms with Crippen molar-refractivity contribution in [1.29, 1.82) is 0 Å². The zero-order valence-electron chi connectivity index (χ0n) is 14.4. The first-order valence-corrected chi connectivity index (χ1v) is 8.83. The van der Waals surface area contributed by atoms with Crippen molar-refractivity contribution in [3.63, 3.8) is 0 Å². The molecular formula is C20H16Cl2N2O3. The second kappa shape index (κ2) is 8.75. The van der Waals surface area contributed by atoms with Crippen molar-refractivity contribution in [2.75, 3.05) is 6.61 Å². The summed E-state index contributed by atoms with van der Waals surface area (Å²) in [7, 11) is 0. The van der Waals surface area contributed by atoms with Gasteiger partial charge in [0.15, 0.2) is 6.61 Å². The van der Waals surface area contributed by atoms with Crippen LogP contribution in [0.15, 0.2) is 64.1 Å². The lowest BCUT2D eigenvalue weighted by atomic mass is 10.2. The van der Waals surface area contributed by atoms with E-state index < -0.39 is 0 Å². The molecule has 1 amide bonds. The highest BCUT2D eigenvalue weighted by Crippen LogP contribution is 2.29. The van der Waals surface area contributed by atoms with E-state index in [9.17, 15) is 4.79 Å². The number of nitrogens with zero attached hydrogens (tertiary/aromatic N) is 1. The molecule has 3 aromatic rings. The quantitative estimate of drug-likeness (QED) is 0.461. The number of amides is 1. The topological polar surface area (TPSA) is 63.8 Å². The molecule has 0 fully saturated rings. The van der Waals surface area contributed by atoms with Gasteiger partial charge in [-0.2, -0.15) is 5.10 Å². The molecule has 0 aliphatic rings. The minimum Gasteiger partial charge on any atom is -0.484 e. The van der Waals surface area contributed by atoms with E-state index in [4.69, 9.17) is 32.4 Å². The van der Waals surface area contributed by atoms with E-state index in [1.165, 1.54) is 6.21 Å². The van der Waals surface area contributed by atoms with Gasteiger partial charge in [0.05, 0.1) is 16.3 Å². The predicted octanol–water partition coefficient (Wildman–Crippen LogP) is 5.09. The standard InChI is InChI=1S/C20H16Cl2N2O3/c1-13-3-2-4-15(9-13)26-12-20(25)24-23-11-16-6-8-19(27-16)14-5-7-17(21)18(22)10-14/h2-11H,12H2,1H3,(H,24,25)/b23-11-. The van der Waals surface area contributed by atoms with Crippen LogP contribution in [0.1, 0.15) is 11.3 Å². The van der Waals surface area contributed by atoms with Gasteiger partial charge < -0.3 is 9.15 Å². The molecule has 0 aliphatic heterocycles. The first-order valence-electron chi connectivity index (χ1n) is 8.08. The van der Waals surface area contributed by atoms with Crippen LogP contribution in [0.3, 0.4) is 0 Å². The van der Waals surface area contributed by atoms with Crippen molar-refractivity contribution >= 4 is 35.3 Å². The molecule has 1 aromatic heterocycles. The number of carbonyl (C=O) groups is 1. The summed E-state index contributed by atoms with van der Waals surface area (Å²) in [5.41, 5.74) is 4.24. The molecule has 5 nitrogen and oxygen atoms in total. The summed E-state index contributed by atoms with van der Waals surface area (Å²) in [4.78, 5) is 11.8. The van der Waals surface area contributed by atoms with Crippen LogP contribution in [-0.4, -0.2) is 18.7 Å². The van der Waals surface area contributed by atoms with E-state index >= 15 is 0 Å². The van der Waals surface area contributed by atoms with Crippen molar-refractivity contribution in [2.24, 2.45) is 5.10 Å². The summed E-state index contributed by atoms with van der Waals surface area (Å²) in [5.74, 6) is 1.36. The average molecular weight is 403 g/mol. The van der Waals surface area contributed by atoms with Crippen molar-refractivity contribution < 1.29 is 13.9 Å². The monoisotopic (exact) mass is 402 g/mol. The minimum absolute atomic E-state index is 0.131. The van der Waals surface area contributed by atoms with Crippen LogP contribution in [0.25, 0.3) is 11.3 Å².